The normalized spacial score (nSPS) is 15.2. The molecule has 0 amide bonds. The summed E-state index contributed by atoms with van der Waals surface area (Å²) in [5, 5.41) is 0. The highest BCUT2D eigenvalue weighted by Crippen LogP contribution is 2.31. The Bertz CT molecular complexity index is 1480. The van der Waals surface area contributed by atoms with Crippen molar-refractivity contribution >= 4 is 27.2 Å². The molecule has 0 unspecified atom stereocenters. The van der Waals surface area contributed by atoms with Crippen LogP contribution in [-0.4, -0.2) is 53.4 Å². The summed E-state index contributed by atoms with van der Waals surface area (Å²) >= 11 is 0. The van der Waals surface area contributed by atoms with Gasteiger partial charge in [0, 0.05) is 31.7 Å². The largest absolute Gasteiger partial charge is 0.465 e. The number of carbonyl (C=O) groups is 1. The van der Waals surface area contributed by atoms with Crippen LogP contribution in [0.5, 0.6) is 0 Å². The maximum absolute atomic E-state index is 13.4. The van der Waals surface area contributed by atoms with Crippen LogP contribution in [0.1, 0.15) is 40.6 Å². The summed E-state index contributed by atoms with van der Waals surface area (Å²) in [4.78, 5) is 21.6. The zero-order valence-corrected chi connectivity index (χ0v) is 20.9. The molecule has 0 radical (unpaired) electrons. The minimum atomic E-state index is -3.85. The zero-order chi connectivity index (χ0) is 25.1. The van der Waals surface area contributed by atoms with E-state index in [9.17, 15) is 13.2 Å². The standard InChI is InChI=1S/C27H28N4O4S/c1-35-27(32)22-10-5-6-12-24(22)36(33,34)30-18-15-21(16-19-30)31-25(14-13-20-8-3-2-4-9-20)29-23-11-7-17-28-26(23)31/h2-12,17,21H,13-16,18-19H2,1H3. The van der Waals surface area contributed by atoms with E-state index < -0.39 is 16.0 Å². The summed E-state index contributed by atoms with van der Waals surface area (Å²) in [5.74, 6) is 0.299. The van der Waals surface area contributed by atoms with Crippen molar-refractivity contribution in [3.05, 3.63) is 89.9 Å². The fourth-order valence-electron chi connectivity index (χ4n) is 4.89. The molecule has 4 aromatic rings. The molecule has 0 spiro atoms. The van der Waals surface area contributed by atoms with E-state index in [4.69, 9.17) is 9.72 Å². The van der Waals surface area contributed by atoms with Crippen molar-refractivity contribution in [2.75, 3.05) is 20.2 Å². The number of nitrogens with zero attached hydrogens (tertiary/aromatic N) is 4. The number of imidazole rings is 1. The molecule has 2 aromatic carbocycles. The van der Waals surface area contributed by atoms with Gasteiger partial charge in [-0.05, 0) is 49.1 Å². The van der Waals surface area contributed by atoms with Crippen LogP contribution in [-0.2, 0) is 27.6 Å². The molecule has 5 rings (SSSR count). The number of piperidine rings is 1. The topological polar surface area (TPSA) is 94.4 Å². The van der Waals surface area contributed by atoms with E-state index in [0.29, 0.717) is 25.9 Å². The lowest BCUT2D eigenvalue weighted by molar-refractivity contribution is 0.0596. The van der Waals surface area contributed by atoms with Gasteiger partial charge in [0.15, 0.2) is 5.65 Å². The van der Waals surface area contributed by atoms with E-state index in [-0.39, 0.29) is 16.5 Å². The molecular weight excluding hydrogens is 476 g/mol. The Morgan fingerprint density at radius 3 is 2.44 bits per heavy atom. The quantitative estimate of drug-likeness (QED) is 0.353. The molecule has 0 bridgehead atoms. The van der Waals surface area contributed by atoms with Crippen LogP contribution in [0.25, 0.3) is 11.2 Å². The van der Waals surface area contributed by atoms with E-state index in [2.05, 4.69) is 21.7 Å². The molecule has 0 N–H and O–H groups in total. The first-order valence-electron chi connectivity index (χ1n) is 12.0. The molecule has 1 aliphatic rings. The van der Waals surface area contributed by atoms with Crippen LogP contribution in [0.4, 0.5) is 0 Å². The molecule has 3 heterocycles. The number of sulfonamides is 1. The number of hydrogen-bond acceptors (Lipinski definition) is 6. The second-order valence-corrected chi connectivity index (χ2v) is 10.8. The molecule has 1 saturated heterocycles. The first-order chi connectivity index (χ1) is 17.5. The maximum Gasteiger partial charge on any atom is 0.339 e. The molecule has 0 atom stereocenters. The first kappa shape index (κ1) is 24.1. The number of pyridine rings is 1. The highest BCUT2D eigenvalue weighted by atomic mass is 32.2. The minimum absolute atomic E-state index is 0.0198. The Morgan fingerprint density at radius 1 is 0.972 bits per heavy atom. The van der Waals surface area contributed by atoms with Gasteiger partial charge in [0.2, 0.25) is 10.0 Å². The van der Waals surface area contributed by atoms with Crippen molar-refractivity contribution in [2.45, 2.75) is 36.6 Å². The van der Waals surface area contributed by atoms with Gasteiger partial charge in [-0.1, -0.05) is 42.5 Å². The van der Waals surface area contributed by atoms with Crippen molar-refractivity contribution in [3.8, 4) is 0 Å². The second-order valence-electron chi connectivity index (χ2n) is 8.85. The average Bonchev–Trinajstić information content (AvgIpc) is 3.30. The van der Waals surface area contributed by atoms with Gasteiger partial charge in [-0.15, -0.1) is 0 Å². The van der Waals surface area contributed by atoms with Gasteiger partial charge < -0.3 is 9.30 Å². The lowest BCUT2D eigenvalue weighted by Gasteiger charge is -2.33. The second kappa shape index (κ2) is 10.2. The Labute approximate surface area is 210 Å². The number of aryl methyl sites for hydroxylation is 2. The first-order valence-corrected chi connectivity index (χ1v) is 13.5. The number of fused-ring (bicyclic) bond motifs is 1. The van der Waals surface area contributed by atoms with Gasteiger partial charge in [0.05, 0.1) is 17.6 Å². The van der Waals surface area contributed by atoms with E-state index in [1.54, 1.807) is 18.3 Å². The molecule has 0 aliphatic carbocycles. The van der Waals surface area contributed by atoms with Crippen molar-refractivity contribution in [2.24, 2.45) is 0 Å². The van der Waals surface area contributed by atoms with Gasteiger partial charge in [0.1, 0.15) is 11.3 Å². The molecule has 9 heteroatoms. The lowest BCUT2D eigenvalue weighted by atomic mass is 10.1. The number of rotatable bonds is 7. The minimum Gasteiger partial charge on any atom is -0.465 e. The smallest absolute Gasteiger partial charge is 0.339 e. The fourth-order valence-corrected chi connectivity index (χ4v) is 6.54. The third kappa shape index (κ3) is 4.64. The van der Waals surface area contributed by atoms with Crippen molar-refractivity contribution < 1.29 is 17.9 Å². The summed E-state index contributed by atoms with van der Waals surface area (Å²) in [6.45, 7) is 0.681. The molecule has 1 aliphatic heterocycles. The van der Waals surface area contributed by atoms with Crippen LogP contribution in [0, 0.1) is 0 Å². The number of ether oxygens (including phenoxy) is 1. The number of hydrogen-bond donors (Lipinski definition) is 0. The van der Waals surface area contributed by atoms with Gasteiger partial charge in [0.25, 0.3) is 0 Å². The Kier molecular flexibility index (Phi) is 6.84. The zero-order valence-electron chi connectivity index (χ0n) is 20.1. The van der Waals surface area contributed by atoms with Crippen LogP contribution in [0.2, 0.25) is 0 Å². The predicted molar refractivity (Wildman–Crippen MR) is 136 cm³/mol. The van der Waals surface area contributed by atoms with Gasteiger partial charge in [-0.25, -0.2) is 23.2 Å². The highest BCUT2D eigenvalue weighted by Gasteiger charge is 2.34. The number of esters is 1. The Balaban J connectivity index is 1.38. The van der Waals surface area contributed by atoms with Gasteiger partial charge >= 0.3 is 5.97 Å². The summed E-state index contributed by atoms with van der Waals surface area (Å²) < 4.78 is 35.3. The summed E-state index contributed by atoms with van der Waals surface area (Å²) in [5.41, 5.74) is 2.98. The van der Waals surface area contributed by atoms with E-state index >= 15 is 0 Å². The number of aromatic nitrogens is 3. The Hall–Kier alpha value is -3.56. The molecule has 2 aromatic heterocycles. The van der Waals surface area contributed by atoms with Crippen molar-refractivity contribution in [1.82, 2.24) is 18.8 Å². The van der Waals surface area contributed by atoms with Crippen LogP contribution in [0.15, 0.2) is 77.8 Å². The van der Waals surface area contributed by atoms with Crippen molar-refractivity contribution in [1.29, 1.82) is 0 Å². The fraction of sp³-hybridized carbons (Fsp3) is 0.296. The molecule has 0 saturated carbocycles. The summed E-state index contributed by atoms with van der Waals surface area (Å²) in [6, 6.07) is 20.4. The summed E-state index contributed by atoms with van der Waals surface area (Å²) in [6.07, 6.45) is 4.65. The number of benzene rings is 2. The molecule has 186 valence electrons. The average molecular weight is 505 g/mol. The van der Waals surface area contributed by atoms with Gasteiger partial charge in [-0.3, -0.25) is 0 Å². The van der Waals surface area contributed by atoms with Crippen LogP contribution < -0.4 is 0 Å². The van der Waals surface area contributed by atoms with Crippen molar-refractivity contribution in [3.63, 3.8) is 0 Å². The third-order valence-corrected chi connectivity index (χ3v) is 8.66. The number of carbonyl (C=O) groups excluding carboxylic acids is 1. The summed E-state index contributed by atoms with van der Waals surface area (Å²) in [7, 11) is -2.60. The molecule has 36 heavy (non-hydrogen) atoms. The maximum atomic E-state index is 13.4. The molecule has 1 fully saturated rings. The van der Waals surface area contributed by atoms with Crippen LogP contribution >= 0.6 is 0 Å². The van der Waals surface area contributed by atoms with E-state index in [1.807, 2.05) is 30.3 Å². The number of methoxy groups -OCH3 is 1. The van der Waals surface area contributed by atoms with Crippen LogP contribution in [0.3, 0.4) is 0 Å². The third-order valence-electron chi connectivity index (χ3n) is 6.70. The predicted octanol–water partition coefficient (Wildman–Crippen LogP) is 4.03. The molecule has 8 nitrogen and oxygen atoms in total. The Morgan fingerprint density at radius 2 is 1.69 bits per heavy atom. The van der Waals surface area contributed by atoms with E-state index in [1.165, 1.54) is 29.1 Å². The van der Waals surface area contributed by atoms with Gasteiger partial charge in [-0.2, -0.15) is 4.31 Å². The SMILES string of the molecule is COC(=O)c1ccccc1S(=O)(=O)N1CCC(n2c(CCc3ccccc3)nc3cccnc32)CC1. The highest BCUT2D eigenvalue weighted by molar-refractivity contribution is 7.89. The lowest BCUT2D eigenvalue weighted by Crippen LogP contribution is -2.39. The monoisotopic (exact) mass is 504 g/mol. The van der Waals surface area contributed by atoms with E-state index in [0.717, 1.165) is 29.8 Å². The molecular formula is C27H28N4O4S.